The third-order valence-corrected chi connectivity index (χ3v) is 4.45. The Morgan fingerprint density at radius 1 is 0.963 bits per heavy atom. The van der Waals surface area contributed by atoms with Crippen molar-refractivity contribution in [3.8, 4) is 11.1 Å². The van der Waals surface area contributed by atoms with Gasteiger partial charge in [-0.05, 0) is 80.1 Å². The van der Waals surface area contributed by atoms with Gasteiger partial charge >= 0.3 is 0 Å². The van der Waals surface area contributed by atoms with Crippen molar-refractivity contribution in [3.63, 3.8) is 0 Å². The Kier molecular flexibility index (Phi) is 7.05. The van der Waals surface area contributed by atoms with Gasteiger partial charge in [0.15, 0.2) is 0 Å². The monoisotopic (exact) mass is 384 g/mol. The third kappa shape index (κ3) is 5.80. The van der Waals surface area contributed by atoms with E-state index < -0.39 is 5.60 Å². The van der Waals surface area contributed by atoms with Crippen molar-refractivity contribution in [1.82, 2.24) is 0 Å². The maximum absolute atomic E-state index is 9.47. The molecule has 0 bridgehead atoms. The van der Waals surface area contributed by atoms with Gasteiger partial charge in [0.1, 0.15) is 0 Å². The summed E-state index contributed by atoms with van der Waals surface area (Å²) in [6.45, 7) is 9.50. The molecule has 0 aromatic heterocycles. The largest absolute Gasteiger partial charge is 0.396 e. The molecule has 0 aliphatic rings. The minimum absolute atomic E-state index is 0.135. The molecule has 0 heterocycles. The van der Waals surface area contributed by atoms with Crippen molar-refractivity contribution in [1.29, 1.82) is 0 Å². The second-order valence-corrected chi connectivity index (χ2v) is 8.30. The summed E-state index contributed by atoms with van der Waals surface area (Å²) in [7, 11) is 0. The molecule has 0 spiro atoms. The van der Waals surface area contributed by atoms with Gasteiger partial charge in [-0.3, -0.25) is 0 Å². The predicted molar refractivity (Wildman–Crippen MR) is 117 cm³/mol. The van der Waals surface area contributed by atoms with E-state index in [0.717, 1.165) is 21.7 Å². The Hall–Kier alpha value is -1.87. The van der Waals surface area contributed by atoms with Gasteiger partial charge in [-0.25, -0.2) is 0 Å². The van der Waals surface area contributed by atoms with Gasteiger partial charge < -0.3 is 10.2 Å². The second kappa shape index (κ2) is 8.88. The molecular formula is C24H29ClO2. The molecule has 0 fully saturated rings. The van der Waals surface area contributed by atoms with Crippen LogP contribution in [0.4, 0.5) is 0 Å². The Labute approximate surface area is 167 Å². The van der Waals surface area contributed by atoms with Crippen LogP contribution < -0.4 is 0 Å². The third-order valence-electron chi connectivity index (χ3n) is 4.14. The summed E-state index contributed by atoms with van der Waals surface area (Å²) >= 11 is 6.53. The molecule has 0 aliphatic heterocycles. The van der Waals surface area contributed by atoms with Crippen LogP contribution in [-0.2, 0) is 6.42 Å². The van der Waals surface area contributed by atoms with Crippen LogP contribution >= 0.6 is 11.6 Å². The van der Waals surface area contributed by atoms with Gasteiger partial charge in [-0.1, -0.05) is 54.1 Å². The molecule has 2 N–H and O–H groups in total. The number of aliphatic hydroxyl groups is 2. The van der Waals surface area contributed by atoms with E-state index >= 15 is 0 Å². The molecule has 144 valence electrons. The number of aliphatic hydroxyl groups excluding tert-OH is 1. The van der Waals surface area contributed by atoms with Crippen LogP contribution in [0.5, 0.6) is 0 Å². The van der Waals surface area contributed by atoms with E-state index in [9.17, 15) is 5.11 Å². The molecule has 27 heavy (non-hydrogen) atoms. The molecule has 3 aromatic carbocycles. The van der Waals surface area contributed by atoms with Crippen LogP contribution in [0, 0.1) is 13.8 Å². The lowest BCUT2D eigenvalue weighted by Crippen LogP contribution is -2.10. The normalized spacial score (nSPS) is 11.3. The first-order valence-electron chi connectivity index (χ1n) is 9.23. The first kappa shape index (κ1) is 21.4. The number of benzene rings is 3. The lowest BCUT2D eigenvalue weighted by Gasteiger charge is -2.17. The molecule has 0 unspecified atom stereocenters. The van der Waals surface area contributed by atoms with E-state index in [1.165, 1.54) is 21.9 Å². The second-order valence-electron chi connectivity index (χ2n) is 7.90. The summed E-state index contributed by atoms with van der Waals surface area (Å²) in [5.41, 5.74) is 5.20. The first-order chi connectivity index (χ1) is 12.6. The van der Waals surface area contributed by atoms with Crippen molar-refractivity contribution in [2.24, 2.45) is 0 Å². The number of hydrogen-bond donors (Lipinski definition) is 2. The minimum Gasteiger partial charge on any atom is -0.396 e. The number of aryl methyl sites for hydroxylation is 2. The highest BCUT2D eigenvalue weighted by Gasteiger charge is 2.15. The molecule has 3 aromatic rings. The van der Waals surface area contributed by atoms with Gasteiger partial charge in [-0.15, -0.1) is 0 Å². The van der Waals surface area contributed by atoms with Crippen LogP contribution in [0.1, 0.15) is 37.5 Å². The summed E-state index contributed by atoms with van der Waals surface area (Å²) in [5, 5.41) is 21.1. The van der Waals surface area contributed by atoms with E-state index in [-0.39, 0.29) is 6.61 Å². The highest BCUT2D eigenvalue weighted by atomic mass is 35.5. The van der Waals surface area contributed by atoms with Gasteiger partial charge in [0, 0.05) is 17.2 Å². The highest BCUT2D eigenvalue weighted by Crippen LogP contribution is 2.38. The Morgan fingerprint density at radius 2 is 1.59 bits per heavy atom. The summed E-state index contributed by atoms with van der Waals surface area (Å²) in [4.78, 5) is 0. The van der Waals surface area contributed by atoms with E-state index in [1.807, 2.05) is 25.1 Å². The van der Waals surface area contributed by atoms with E-state index in [0.29, 0.717) is 6.42 Å². The van der Waals surface area contributed by atoms with E-state index in [4.69, 9.17) is 16.7 Å². The Morgan fingerprint density at radius 3 is 2.19 bits per heavy atom. The topological polar surface area (TPSA) is 40.5 Å². The van der Waals surface area contributed by atoms with Gasteiger partial charge in [-0.2, -0.15) is 0 Å². The smallest absolute Gasteiger partial charge is 0.0563 e. The molecule has 0 radical (unpaired) electrons. The number of rotatable bonds is 3. The van der Waals surface area contributed by atoms with E-state index in [2.05, 4.69) is 37.3 Å². The van der Waals surface area contributed by atoms with Crippen LogP contribution in [0.15, 0.2) is 48.5 Å². The maximum Gasteiger partial charge on any atom is 0.0563 e. The van der Waals surface area contributed by atoms with Crippen molar-refractivity contribution in [3.05, 3.63) is 70.2 Å². The van der Waals surface area contributed by atoms with Crippen LogP contribution in [0.2, 0.25) is 5.02 Å². The van der Waals surface area contributed by atoms with Crippen LogP contribution in [-0.4, -0.2) is 22.4 Å². The summed E-state index contributed by atoms with van der Waals surface area (Å²) in [6, 6.07) is 16.7. The highest BCUT2D eigenvalue weighted by molar-refractivity contribution is 6.34. The fourth-order valence-corrected chi connectivity index (χ4v) is 3.42. The van der Waals surface area contributed by atoms with Crippen molar-refractivity contribution in [2.75, 3.05) is 6.61 Å². The molecule has 0 saturated carbocycles. The molecule has 2 nitrogen and oxygen atoms in total. The zero-order valence-electron chi connectivity index (χ0n) is 16.8. The average Bonchev–Trinajstić information content (AvgIpc) is 2.55. The van der Waals surface area contributed by atoms with E-state index in [1.54, 1.807) is 20.8 Å². The molecule has 3 heteroatoms. The fourth-order valence-electron chi connectivity index (χ4n) is 3.10. The molecule has 0 saturated heterocycles. The van der Waals surface area contributed by atoms with Gasteiger partial charge in [0.2, 0.25) is 0 Å². The molecule has 0 atom stereocenters. The standard InChI is InChI=1S/C20H19ClO.C4H10O/c1-13-7-8-18(19(21)11-13)20-16(9-10-22)14(2)12-15-5-3-4-6-17(15)20;1-4(2,3)5/h3-8,11-12,22H,9-10H2,1-2H3;5H,1-3H3. The molecule has 3 rings (SSSR count). The number of halogens is 1. The predicted octanol–water partition coefficient (Wildman–Crippen LogP) is 6.09. The van der Waals surface area contributed by atoms with Crippen molar-refractivity contribution in [2.45, 2.75) is 46.6 Å². The zero-order chi connectivity index (χ0) is 20.2. The minimum atomic E-state index is -0.500. The molecule has 0 amide bonds. The number of hydrogen-bond acceptors (Lipinski definition) is 2. The number of fused-ring (bicyclic) bond motifs is 1. The lowest BCUT2D eigenvalue weighted by molar-refractivity contribution is 0.102. The van der Waals surface area contributed by atoms with Crippen LogP contribution in [0.25, 0.3) is 21.9 Å². The van der Waals surface area contributed by atoms with Gasteiger partial charge in [0.05, 0.1) is 5.60 Å². The molecular weight excluding hydrogens is 356 g/mol. The summed E-state index contributed by atoms with van der Waals surface area (Å²) < 4.78 is 0. The quantitative estimate of drug-likeness (QED) is 0.573. The molecule has 0 aliphatic carbocycles. The lowest BCUT2D eigenvalue weighted by atomic mass is 9.88. The zero-order valence-corrected chi connectivity index (χ0v) is 17.6. The van der Waals surface area contributed by atoms with Crippen molar-refractivity contribution >= 4 is 22.4 Å². The van der Waals surface area contributed by atoms with Gasteiger partial charge in [0.25, 0.3) is 0 Å². The summed E-state index contributed by atoms with van der Waals surface area (Å²) in [5.74, 6) is 0. The van der Waals surface area contributed by atoms with Crippen molar-refractivity contribution < 1.29 is 10.2 Å². The first-order valence-corrected chi connectivity index (χ1v) is 9.60. The maximum atomic E-state index is 9.47. The van der Waals surface area contributed by atoms with Crippen LogP contribution in [0.3, 0.4) is 0 Å². The fraction of sp³-hybridized carbons (Fsp3) is 0.333. The Balaban J connectivity index is 0.000000465. The average molecular weight is 385 g/mol. The SMILES string of the molecule is CC(C)(C)O.Cc1ccc(-c2c(CCO)c(C)cc3ccccc23)c(Cl)c1. The summed E-state index contributed by atoms with van der Waals surface area (Å²) in [6.07, 6.45) is 0.635. The Bertz CT molecular complexity index is 918.